The van der Waals surface area contributed by atoms with E-state index in [0.717, 1.165) is 63.3 Å². The topological polar surface area (TPSA) is 53.6 Å². The van der Waals surface area contributed by atoms with E-state index in [0.29, 0.717) is 11.7 Å². The Hall–Kier alpha value is -1.02. The van der Waals surface area contributed by atoms with Gasteiger partial charge in [0.15, 0.2) is 5.11 Å². The summed E-state index contributed by atoms with van der Waals surface area (Å²) in [6.45, 7) is 4.11. The number of thiophene rings is 1. The third-order valence-electron chi connectivity index (χ3n) is 7.56. The lowest BCUT2D eigenvalue weighted by molar-refractivity contribution is -0.144. The summed E-state index contributed by atoms with van der Waals surface area (Å²) in [5.74, 6) is 2.46. The molecule has 5 nitrogen and oxygen atoms in total. The van der Waals surface area contributed by atoms with Gasteiger partial charge in [-0.25, -0.2) is 0 Å². The van der Waals surface area contributed by atoms with Crippen molar-refractivity contribution < 1.29 is 9.53 Å². The van der Waals surface area contributed by atoms with Crippen LogP contribution >= 0.6 is 23.6 Å². The quantitative estimate of drug-likeness (QED) is 0.698. The SMILES string of the molecule is O=C(NC(=S)NCC(c1cccs1)N1CCOCC1)C12CC3CC(CC(C3)C1)C2. The largest absolute Gasteiger partial charge is 0.379 e. The predicted octanol–water partition coefficient (Wildman–Crippen LogP) is 3.33. The molecule has 7 heteroatoms. The van der Waals surface area contributed by atoms with Crippen LogP contribution < -0.4 is 10.6 Å². The van der Waals surface area contributed by atoms with E-state index < -0.39 is 0 Å². The lowest BCUT2D eigenvalue weighted by Crippen LogP contribution is -2.56. The van der Waals surface area contributed by atoms with E-state index in [2.05, 4.69) is 33.0 Å². The van der Waals surface area contributed by atoms with Crippen molar-refractivity contribution in [2.24, 2.45) is 23.2 Å². The highest BCUT2D eigenvalue weighted by molar-refractivity contribution is 7.80. The maximum Gasteiger partial charge on any atom is 0.232 e. The molecule has 0 radical (unpaired) electrons. The van der Waals surface area contributed by atoms with E-state index in [1.807, 2.05) is 0 Å². The minimum Gasteiger partial charge on any atom is -0.379 e. The molecule has 1 atom stereocenters. The van der Waals surface area contributed by atoms with Gasteiger partial charge in [-0.05, 0) is 79.9 Å². The van der Waals surface area contributed by atoms with Gasteiger partial charge in [0.2, 0.25) is 5.91 Å². The highest BCUT2D eigenvalue weighted by Crippen LogP contribution is 2.60. The van der Waals surface area contributed by atoms with Crippen LogP contribution in [0.15, 0.2) is 17.5 Å². The molecule has 29 heavy (non-hydrogen) atoms. The average molecular weight is 434 g/mol. The number of carbonyl (C=O) groups excluding carboxylic acids is 1. The first-order valence-corrected chi connectivity index (χ1v) is 12.3. The first-order valence-electron chi connectivity index (χ1n) is 11.1. The summed E-state index contributed by atoms with van der Waals surface area (Å²) in [4.78, 5) is 17.0. The third-order valence-corrected chi connectivity index (χ3v) is 8.78. The molecule has 2 N–H and O–H groups in total. The summed E-state index contributed by atoms with van der Waals surface area (Å²) in [6, 6.07) is 4.54. The van der Waals surface area contributed by atoms with Gasteiger partial charge in [0.05, 0.1) is 24.7 Å². The zero-order valence-electron chi connectivity index (χ0n) is 16.9. The summed E-state index contributed by atoms with van der Waals surface area (Å²) in [5.41, 5.74) is -0.155. The zero-order valence-corrected chi connectivity index (χ0v) is 18.5. The lowest BCUT2D eigenvalue weighted by atomic mass is 9.49. The van der Waals surface area contributed by atoms with Crippen LogP contribution in [0.1, 0.15) is 49.4 Å². The number of nitrogens with zero attached hydrogens (tertiary/aromatic N) is 1. The van der Waals surface area contributed by atoms with Gasteiger partial charge >= 0.3 is 0 Å². The van der Waals surface area contributed by atoms with Crippen LogP contribution in [-0.4, -0.2) is 48.8 Å². The highest BCUT2D eigenvalue weighted by atomic mass is 32.1. The monoisotopic (exact) mass is 433 g/mol. The second-order valence-electron chi connectivity index (χ2n) is 9.54. The molecule has 6 rings (SSSR count). The van der Waals surface area contributed by atoms with Crippen LogP contribution in [-0.2, 0) is 9.53 Å². The fourth-order valence-corrected chi connectivity index (χ4v) is 7.67. The maximum absolute atomic E-state index is 13.2. The van der Waals surface area contributed by atoms with E-state index >= 15 is 0 Å². The van der Waals surface area contributed by atoms with Crippen molar-refractivity contribution in [1.82, 2.24) is 15.5 Å². The molecule has 4 bridgehead atoms. The molecule has 1 aromatic rings. The van der Waals surface area contributed by atoms with Gasteiger partial charge in [-0.15, -0.1) is 11.3 Å². The first kappa shape index (κ1) is 19.9. The number of thiocarbonyl (C=S) groups is 1. The van der Waals surface area contributed by atoms with Crippen LogP contribution in [0.25, 0.3) is 0 Å². The molecule has 0 spiro atoms. The Morgan fingerprint density at radius 1 is 1.21 bits per heavy atom. The molecule has 1 unspecified atom stereocenters. The van der Waals surface area contributed by atoms with Crippen LogP contribution in [0.2, 0.25) is 0 Å². The van der Waals surface area contributed by atoms with Gasteiger partial charge in [0.1, 0.15) is 0 Å². The number of morpholine rings is 1. The Labute approximate surface area is 182 Å². The summed E-state index contributed by atoms with van der Waals surface area (Å²) in [5, 5.41) is 9.04. The Bertz CT molecular complexity index is 710. The molecule has 0 aromatic carbocycles. The molecule has 158 valence electrons. The fraction of sp³-hybridized carbons (Fsp3) is 0.727. The van der Waals surface area contributed by atoms with Crippen molar-refractivity contribution in [3.63, 3.8) is 0 Å². The molecule has 1 saturated heterocycles. The second kappa shape index (κ2) is 8.25. The number of carbonyl (C=O) groups is 1. The van der Waals surface area contributed by atoms with Crippen molar-refractivity contribution in [2.75, 3.05) is 32.8 Å². The molecule has 4 saturated carbocycles. The van der Waals surface area contributed by atoms with Gasteiger partial charge in [-0.3, -0.25) is 9.69 Å². The van der Waals surface area contributed by atoms with Crippen molar-refractivity contribution in [3.8, 4) is 0 Å². The lowest BCUT2D eigenvalue weighted by Gasteiger charge is -2.55. The van der Waals surface area contributed by atoms with E-state index in [1.54, 1.807) is 11.3 Å². The van der Waals surface area contributed by atoms with E-state index in [4.69, 9.17) is 17.0 Å². The van der Waals surface area contributed by atoms with Crippen molar-refractivity contribution in [1.29, 1.82) is 0 Å². The number of rotatable bonds is 5. The average Bonchev–Trinajstić information content (AvgIpc) is 3.22. The molecule has 1 amide bonds. The molecular formula is C22H31N3O2S2. The molecular weight excluding hydrogens is 402 g/mol. The number of amides is 1. The Morgan fingerprint density at radius 2 is 1.86 bits per heavy atom. The number of hydrogen-bond acceptors (Lipinski definition) is 5. The molecule has 5 aliphatic rings. The summed E-state index contributed by atoms with van der Waals surface area (Å²) >= 11 is 7.33. The number of nitrogens with one attached hydrogen (secondary N) is 2. The summed E-state index contributed by atoms with van der Waals surface area (Å²) in [7, 11) is 0. The zero-order chi connectivity index (χ0) is 19.8. The number of ether oxygens (including phenoxy) is 1. The Kier molecular flexibility index (Phi) is 5.67. The molecule has 5 fully saturated rings. The smallest absolute Gasteiger partial charge is 0.232 e. The minimum absolute atomic E-state index is 0.155. The normalized spacial score (nSPS) is 34.7. The standard InChI is InChI=1S/C22H31N3O2S2/c26-20(22-11-15-8-16(12-22)10-17(9-15)13-22)24-21(28)23-14-18(19-2-1-7-29-19)25-3-5-27-6-4-25/h1-2,7,15-18H,3-6,8-14H2,(H2,23,24,26,28). The summed E-state index contributed by atoms with van der Waals surface area (Å²) < 4.78 is 5.52. The van der Waals surface area contributed by atoms with Gasteiger partial charge in [-0.1, -0.05) is 6.07 Å². The van der Waals surface area contributed by atoms with E-state index in [1.165, 1.54) is 24.1 Å². The van der Waals surface area contributed by atoms with E-state index in [9.17, 15) is 4.79 Å². The predicted molar refractivity (Wildman–Crippen MR) is 119 cm³/mol. The van der Waals surface area contributed by atoms with Crippen LogP contribution in [0.4, 0.5) is 0 Å². The van der Waals surface area contributed by atoms with Crippen molar-refractivity contribution in [3.05, 3.63) is 22.4 Å². The fourth-order valence-electron chi connectivity index (χ4n) is 6.64. The molecule has 4 aliphatic carbocycles. The van der Waals surface area contributed by atoms with Gasteiger partial charge in [0.25, 0.3) is 0 Å². The molecule has 1 aliphatic heterocycles. The Balaban J connectivity index is 1.19. The van der Waals surface area contributed by atoms with Crippen LogP contribution in [0.3, 0.4) is 0 Å². The van der Waals surface area contributed by atoms with Crippen molar-refractivity contribution >= 4 is 34.6 Å². The second-order valence-corrected chi connectivity index (χ2v) is 10.9. The highest BCUT2D eigenvalue weighted by Gasteiger charge is 2.54. The third kappa shape index (κ3) is 4.11. The van der Waals surface area contributed by atoms with Crippen LogP contribution in [0.5, 0.6) is 0 Å². The minimum atomic E-state index is -0.155. The molecule has 2 heterocycles. The van der Waals surface area contributed by atoms with Gasteiger partial charge in [0, 0.05) is 24.5 Å². The summed E-state index contributed by atoms with van der Waals surface area (Å²) in [6.07, 6.45) is 7.24. The van der Waals surface area contributed by atoms with Crippen LogP contribution in [0, 0.1) is 23.2 Å². The number of hydrogen-bond donors (Lipinski definition) is 2. The maximum atomic E-state index is 13.2. The molecule has 1 aromatic heterocycles. The van der Waals surface area contributed by atoms with Gasteiger partial charge in [-0.2, -0.15) is 0 Å². The van der Waals surface area contributed by atoms with Crippen molar-refractivity contribution in [2.45, 2.75) is 44.6 Å². The Morgan fingerprint density at radius 3 is 2.45 bits per heavy atom. The van der Waals surface area contributed by atoms with Gasteiger partial charge < -0.3 is 15.4 Å². The first-order chi connectivity index (χ1) is 14.1. The van der Waals surface area contributed by atoms with E-state index in [-0.39, 0.29) is 17.4 Å².